The van der Waals surface area contributed by atoms with Gasteiger partial charge in [0.2, 0.25) is 5.60 Å². The van der Waals surface area contributed by atoms with Gasteiger partial charge in [-0.05, 0) is 51.2 Å². The first-order valence-electron chi connectivity index (χ1n) is 10.0. The Morgan fingerprint density at radius 2 is 1.87 bits per heavy atom. The van der Waals surface area contributed by atoms with E-state index in [-0.39, 0.29) is 5.75 Å². The van der Waals surface area contributed by atoms with E-state index in [1.165, 1.54) is 19.2 Å². The summed E-state index contributed by atoms with van der Waals surface area (Å²) < 4.78 is 47.0. The number of hydrogen-bond acceptors (Lipinski definition) is 5. The Hall–Kier alpha value is -2.29. The van der Waals surface area contributed by atoms with E-state index >= 15 is 0 Å². The van der Waals surface area contributed by atoms with Crippen LogP contribution in [-0.2, 0) is 10.4 Å². The summed E-state index contributed by atoms with van der Waals surface area (Å²) in [6.45, 7) is 3.24. The molecule has 0 saturated heterocycles. The van der Waals surface area contributed by atoms with Gasteiger partial charge in [-0.1, -0.05) is 11.6 Å². The maximum atomic E-state index is 13.9. The van der Waals surface area contributed by atoms with Crippen LogP contribution in [-0.4, -0.2) is 55.5 Å². The van der Waals surface area contributed by atoms with Gasteiger partial charge in [0.1, 0.15) is 5.75 Å². The summed E-state index contributed by atoms with van der Waals surface area (Å²) in [5, 5.41) is 14.5. The molecule has 1 N–H and O–H groups in total. The minimum Gasteiger partial charge on any atom is -0.496 e. The van der Waals surface area contributed by atoms with E-state index in [0.29, 0.717) is 24.1 Å². The molecular formula is C21H30F3N3O3. The Labute approximate surface area is 175 Å². The summed E-state index contributed by atoms with van der Waals surface area (Å²) in [7, 11) is 3.08. The molecule has 0 heterocycles. The summed E-state index contributed by atoms with van der Waals surface area (Å²) in [6.07, 6.45) is 0.942. The second-order valence-electron chi connectivity index (χ2n) is 7.51. The van der Waals surface area contributed by atoms with Crippen LogP contribution in [0, 0.1) is 6.92 Å². The molecule has 1 aliphatic rings. The highest BCUT2D eigenvalue weighted by atomic mass is 19.4. The standard InChI is InChI=1S/C21H30F3N3O3/c1-5-27(3)14-25-18-12-19(29-4)17(11-15(18)2)20(28,21(22,23)24)13-30-26-16-9-7-6-8-10-16/h11-12,14,28H,5-10,13H2,1-4H3. The van der Waals surface area contributed by atoms with Crippen LogP contribution in [0.5, 0.6) is 5.75 Å². The first-order chi connectivity index (χ1) is 14.1. The second kappa shape index (κ2) is 10.1. The number of aryl methyl sites for hydroxylation is 1. The predicted octanol–water partition coefficient (Wildman–Crippen LogP) is 4.70. The lowest BCUT2D eigenvalue weighted by Crippen LogP contribution is -2.46. The molecule has 30 heavy (non-hydrogen) atoms. The van der Waals surface area contributed by atoms with Gasteiger partial charge in [0.25, 0.3) is 0 Å². The van der Waals surface area contributed by atoms with Gasteiger partial charge in [0, 0.05) is 25.2 Å². The van der Waals surface area contributed by atoms with E-state index in [4.69, 9.17) is 9.57 Å². The lowest BCUT2D eigenvalue weighted by atomic mass is 9.91. The largest absolute Gasteiger partial charge is 0.496 e. The van der Waals surface area contributed by atoms with Crippen molar-refractivity contribution < 1.29 is 27.9 Å². The van der Waals surface area contributed by atoms with E-state index in [2.05, 4.69) is 10.1 Å². The van der Waals surface area contributed by atoms with E-state index in [1.807, 2.05) is 18.9 Å². The van der Waals surface area contributed by atoms with Gasteiger partial charge in [0.05, 0.1) is 24.8 Å². The Balaban J connectivity index is 2.38. The number of ether oxygens (including phenoxy) is 1. The molecule has 2 rings (SSSR count). The number of rotatable bonds is 8. The SMILES string of the molecule is CCN(C)C=Nc1cc(OC)c(C(O)(CON=C2CCCCC2)C(F)(F)F)cc1C. The third kappa shape index (κ3) is 5.65. The molecule has 1 aromatic rings. The highest BCUT2D eigenvalue weighted by molar-refractivity contribution is 5.84. The van der Waals surface area contributed by atoms with Gasteiger partial charge < -0.3 is 19.6 Å². The Kier molecular flexibility index (Phi) is 8.11. The van der Waals surface area contributed by atoms with E-state index in [1.54, 1.807) is 13.3 Å². The maximum Gasteiger partial charge on any atom is 0.425 e. The molecule has 1 unspecified atom stereocenters. The van der Waals surface area contributed by atoms with Crippen LogP contribution in [0.25, 0.3) is 0 Å². The van der Waals surface area contributed by atoms with Crippen molar-refractivity contribution in [1.82, 2.24) is 4.90 Å². The van der Waals surface area contributed by atoms with Gasteiger partial charge in [0.15, 0.2) is 6.61 Å². The van der Waals surface area contributed by atoms with Crippen molar-refractivity contribution in [2.24, 2.45) is 10.1 Å². The van der Waals surface area contributed by atoms with Gasteiger partial charge in [-0.15, -0.1) is 0 Å². The minimum absolute atomic E-state index is 0.124. The first kappa shape index (κ1) is 24.0. The molecule has 1 saturated carbocycles. The molecule has 168 valence electrons. The summed E-state index contributed by atoms with van der Waals surface area (Å²) in [4.78, 5) is 11.1. The molecule has 1 fully saturated rings. The number of alkyl halides is 3. The van der Waals surface area contributed by atoms with Crippen LogP contribution in [0.15, 0.2) is 22.3 Å². The van der Waals surface area contributed by atoms with Crippen LogP contribution < -0.4 is 4.74 Å². The molecule has 9 heteroatoms. The Morgan fingerprint density at radius 1 is 1.20 bits per heavy atom. The molecule has 6 nitrogen and oxygen atoms in total. The summed E-state index contributed by atoms with van der Waals surface area (Å²) in [5.74, 6) is -0.124. The van der Waals surface area contributed by atoms with E-state index in [0.717, 1.165) is 31.5 Å². The predicted molar refractivity (Wildman–Crippen MR) is 111 cm³/mol. The molecule has 1 aliphatic carbocycles. The summed E-state index contributed by atoms with van der Waals surface area (Å²) in [5.41, 5.74) is -2.07. The fraction of sp³-hybridized carbons (Fsp3) is 0.619. The fourth-order valence-corrected chi connectivity index (χ4v) is 3.13. The summed E-state index contributed by atoms with van der Waals surface area (Å²) >= 11 is 0. The number of aliphatic imine (C=N–C) groups is 1. The first-order valence-corrected chi connectivity index (χ1v) is 10.0. The van der Waals surface area contributed by atoms with Crippen molar-refractivity contribution in [1.29, 1.82) is 0 Å². The second-order valence-corrected chi connectivity index (χ2v) is 7.51. The molecule has 0 spiro atoms. The van der Waals surface area contributed by atoms with Gasteiger partial charge in [-0.25, -0.2) is 4.99 Å². The van der Waals surface area contributed by atoms with Crippen LogP contribution in [0.3, 0.4) is 0 Å². The van der Waals surface area contributed by atoms with Gasteiger partial charge in [-0.2, -0.15) is 13.2 Å². The average molecular weight is 429 g/mol. The zero-order chi connectivity index (χ0) is 22.4. The highest BCUT2D eigenvalue weighted by Crippen LogP contribution is 2.45. The third-order valence-electron chi connectivity index (χ3n) is 5.22. The van der Waals surface area contributed by atoms with Gasteiger partial charge in [-0.3, -0.25) is 0 Å². The molecule has 0 bridgehead atoms. The Morgan fingerprint density at radius 3 is 2.43 bits per heavy atom. The van der Waals surface area contributed by atoms with Crippen LogP contribution in [0.1, 0.15) is 50.2 Å². The van der Waals surface area contributed by atoms with Crippen LogP contribution in [0.2, 0.25) is 0 Å². The van der Waals surface area contributed by atoms with E-state index in [9.17, 15) is 18.3 Å². The number of oxime groups is 1. The van der Waals surface area contributed by atoms with Crippen molar-refractivity contribution >= 4 is 17.7 Å². The number of aliphatic hydroxyl groups is 1. The minimum atomic E-state index is -4.99. The lowest BCUT2D eigenvalue weighted by Gasteiger charge is -2.31. The summed E-state index contributed by atoms with van der Waals surface area (Å²) in [6, 6.07) is 2.62. The van der Waals surface area contributed by atoms with Crippen molar-refractivity contribution in [3.05, 3.63) is 23.3 Å². The topological polar surface area (TPSA) is 66.7 Å². The van der Waals surface area contributed by atoms with Crippen LogP contribution >= 0.6 is 0 Å². The molecule has 0 aliphatic heterocycles. The van der Waals surface area contributed by atoms with Crippen molar-refractivity contribution in [3.8, 4) is 5.75 Å². The monoisotopic (exact) mass is 429 g/mol. The normalized spacial score (nSPS) is 17.0. The quantitative estimate of drug-likeness (QED) is 0.370. The molecule has 0 aromatic heterocycles. The number of benzene rings is 1. The third-order valence-corrected chi connectivity index (χ3v) is 5.22. The number of nitrogens with zero attached hydrogens (tertiary/aromatic N) is 3. The number of halogens is 3. The number of methoxy groups -OCH3 is 1. The molecular weight excluding hydrogens is 399 g/mol. The fourth-order valence-electron chi connectivity index (χ4n) is 3.13. The molecule has 1 aromatic carbocycles. The Bertz CT molecular complexity index is 773. The highest BCUT2D eigenvalue weighted by Gasteiger charge is 2.57. The number of hydrogen-bond donors (Lipinski definition) is 1. The van der Waals surface area contributed by atoms with Gasteiger partial charge >= 0.3 is 6.18 Å². The molecule has 0 amide bonds. The van der Waals surface area contributed by atoms with E-state index < -0.39 is 23.9 Å². The lowest BCUT2D eigenvalue weighted by molar-refractivity contribution is -0.282. The van der Waals surface area contributed by atoms with Crippen molar-refractivity contribution in [2.75, 3.05) is 27.3 Å². The zero-order valence-corrected chi connectivity index (χ0v) is 17.9. The van der Waals surface area contributed by atoms with Crippen molar-refractivity contribution in [3.63, 3.8) is 0 Å². The molecule has 1 atom stereocenters. The van der Waals surface area contributed by atoms with Crippen molar-refractivity contribution in [2.45, 2.75) is 57.7 Å². The molecule has 0 radical (unpaired) electrons. The maximum absolute atomic E-state index is 13.9. The van der Waals surface area contributed by atoms with Crippen LogP contribution in [0.4, 0.5) is 18.9 Å². The average Bonchev–Trinajstić information content (AvgIpc) is 2.72. The zero-order valence-electron chi connectivity index (χ0n) is 17.9. The smallest absolute Gasteiger partial charge is 0.425 e.